The van der Waals surface area contributed by atoms with E-state index in [1.807, 2.05) is 36.6 Å². The van der Waals surface area contributed by atoms with Crippen molar-refractivity contribution in [2.75, 3.05) is 18.8 Å². The van der Waals surface area contributed by atoms with Crippen LogP contribution in [0.15, 0.2) is 39.6 Å². The number of nitrogens with zero attached hydrogens (tertiary/aromatic N) is 4. The third-order valence-corrected chi connectivity index (χ3v) is 5.76. The standard InChI is InChI=1S/C16H14N6OS2/c1-23-15-9(7-12(24-2)25-15)8-17-21-16-19-14-13(20-22-16)10-5-3-4-6-11(10)18-14/h3-8H,1-2H3,(H2,18,19,21,22)/b17-8+. The largest absolute Gasteiger partial charge is 0.487 e. The van der Waals surface area contributed by atoms with Gasteiger partial charge in [-0.1, -0.05) is 29.5 Å². The Morgan fingerprint density at radius 2 is 2.20 bits per heavy atom. The molecule has 0 radical (unpaired) electrons. The number of anilines is 1. The number of hydrogen-bond donors (Lipinski definition) is 2. The minimum atomic E-state index is 0.328. The van der Waals surface area contributed by atoms with Gasteiger partial charge in [-0.05, 0) is 18.4 Å². The van der Waals surface area contributed by atoms with E-state index in [0.29, 0.717) is 11.6 Å². The predicted molar refractivity (Wildman–Crippen MR) is 103 cm³/mol. The highest BCUT2D eigenvalue weighted by Crippen LogP contribution is 2.34. The number of benzene rings is 1. The number of H-pyrrole nitrogens is 1. The van der Waals surface area contributed by atoms with E-state index in [1.54, 1.807) is 36.4 Å². The first-order valence-electron chi connectivity index (χ1n) is 7.40. The lowest BCUT2D eigenvalue weighted by atomic mass is 10.2. The fraction of sp³-hybridized carbons (Fsp3) is 0.125. The Morgan fingerprint density at radius 1 is 1.32 bits per heavy atom. The van der Waals surface area contributed by atoms with E-state index < -0.39 is 0 Å². The van der Waals surface area contributed by atoms with Gasteiger partial charge in [-0.25, -0.2) is 5.43 Å². The van der Waals surface area contributed by atoms with Crippen LogP contribution in [0.3, 0.4) is 0 Å². The van der Waals surface area contributed by atoms with Gasteiger partial charge in [-0.2, -0.15) is 10.1 Å². The van der Waals surface area contributed by atoms with Crippen molar-refractivity contribution in [2.45, 2.75) is 4.21 Å². The Labute approximate surface area is 151 Å². The first kappa shape index (κ1) is 15.9. The smallest absolute Gasteiger partial charge is 0.265 e. The number of thiophene rings is 1. The van der Waals surface area contributed by atoms with Gasteiger partial charge in [0, 0.05) is 16.5 Å². The molecule has 2 N–H and O–H groups in total. The highest BCUT2D eigenvalue weighted by molar-refractivity contribution is 8.00. The summed E-state index contributed by atoms with van der Waals surface area (Å²) in [5, 5.41) is 14.3. The van der Waals surface area contributed by atoms with Crippen molar-refractivity contribution in [3.8, 4) is 5.06 Å². The number of aromatic amines is 1. The van der Waals surface area contributed by atoms with Gasteiger partial charge in [-0.3, -0.25) is 0 Å². The van der Waals surface area contributed by atoms with Crippen LogP contribution in [-0.2, 0) is 0 Å². The van der Waals surface area contributed by atoms with Gasteiger partial charge in [0.2, 0.25) is 0 Å². The predicted octanol–water partition coefficient (Wildman–Crippen LogP) is 3.74. The molecule has 0 spiro atoms. The molecule has 0 amide bonds. The lowest BCUT2D eigenvalue weighted by Crippen LogP contribution is -1.99. The van der Waals surface area contributed by atoms with Crippen molar-refractivity contribution in [3.63, 3.8) is 0 Å². The maximum atomic E-state index is 5.36. The van der Waals surface area contributed by atoms with E-state index in [4.69, 9.17) is 4.74 Å². The van der Waals surface area contributed by atoms with Crippen LogP contribution in [0.2, 0.25) is 0 Å². The number of para-hydroxylation sites is 1. The van der Waals surface area contributed by atoms with E-state index in [0.717, 1.165) is 31.3 Å². The lowest BCUT2D eigenvalue weighted by Gasteiger charge is -1.98. The molecule has 0 saturated carbocycles. The van der Waals surface area contributed by atoms with Crippen LogP contribution < -0.4 is 10.2 Å². The molecule has 0 fully saturated rings. The number of rotatable bonds is 5. The third-order valence-electron chi connectivity index (χ3n) is 3.58. The number of aromatic nitrogens is 4. The summed E-state index contributed by atoms with van der Waals surface area (Å²) in [4.78, 5) is 7.65. The minimum absolute atomic E-state index is 0.328. The highest BCUT2D eigenvalue weighted by Gasteiger charge is 2.09. The number of methoxy groups -OCH3 is 1. The molecule has 4 rings (SSSR count). The van der Waals surface area contributed by atoms with Crippen LogP contribution in [0.25, 0.3) is 22.1 Å². The number of thioether (sulfide) groups is 1. The van der Waals surface area contributed by atoms with Crippen LogP contribution in [0.1, 0.15) is 5.56 Å². The van der Waals surface area contributed by atoms with Crippen LogP contribution in [0.4, 0.5) is 5.95 Å². The molecular weight excluding hydrogens is 356 g/mol. The number of ether oxygens (including phenoxy) is 1. The molecule has 0 unspecified atom stereocenters. The van der Waals surface area contributed by atoms with Gasteiger partial charge in [0.25, 0.3) is 5.95 Å². The van der Waals surface area contributed by atoms with Crippen LogP contribution in [0, 0.1) is 0 Å². The average Bonchev–Trinajstić information content (AvgIpc) is 3.21. The average molecular weight is 370 g/mol. The van der Waals surface area contributed by atoms with Crippen molar-refractivity contribution in [1.82, 2.24) is 20.2 Å². The fourth-order valence-corrected chi connectivity index (χ4v) is 3.93. The topological polar surface area (TPSA) is 88.1 Å². The maximum Gasteiger partial charge on any atom is 0.265 e. The first-order chi connectivity index (χ1) is 12.3. The van der Waals surface area contributed by atoms with E-state index >= 15 is 0 Å². The summed E-state index contributed by atoms with van der Waals surface area (Å²) in [6.07, 6.45) is 3.72. The second-order valence-corrected chi connectivity index (χ2v) is 7.21. The maximum absolute atomic E-state index is 5.36. The van der Waals surface area contributed by atoms with E-state index in [-0.39, 0.29) is 0 Å². The monoisotopic (exact) mass is 370 g/mol. The molecule has 25 heavy (non-hydrogen) atoms. The summed E-state index contributed by atoms with van der Waals surface area (Å²) in [5.41, 5.74) is 6.12. The van der Waals surface area contributed by atoms with E-state index in [1.165, 1.54) is 0 Å². The zero-order valence-corrected chi connectivity index (χ0v) is 15.1. The summed E-state index contributed by atoms with van der Waals surface area (Å²) in [6.45, 7) is 0. The normalized spacial score (nSPS) is 11.6. The molecule has 9 heteroatoms. The Balaban J connectivity index is 1.58. The molecule has 0 bridgehead atoms. The van der Waals surface area contributed by atoms with Crippen molar-refractivity contribution in [1.29, 1.82) is 0 Å². The Kier molecular flexibility index (Phi) is 4.24. The Hall–Kier alpha value is -2.65. The van der Waals surface area contributed by atoms with Crippen LogP contribution >= 0.6 is 23.1 Å². The Morgan fingerprint density at radius 3 is 3.04 bits per heavy atom. The van der Waals surface area contributed by atoms with Crippen molar-refractivity contribution in [2.24, 2.45) is 5.10 Å². The Bertz CT molecular complexity index is 1070. The summed E-state index contributed by atoms with van der Waals surface area (Å²) < 4.78 is 6.52. The van der Waals surface area contributed by atoms with E-state index in [9.17, 15) is 0 Å². The SMILES string of the molecule is COc1sc(SC)cc1/C=N/Nc1nnc2c(n1)[nH]c1ccccc12. The summed E-state index contributed by atoms with van der Waals surface area (Å²) in [6, 6.07) is 9.92. The quantitative estimate of drug-likeness (QED) is 0.316. The van der Waals surface area contributed by atoms with Crippen molar-refractivity contribution >= 4 is 57.3 Å². The number of hydrazone groups is 1. The number of hydrogen-bond acceptors (Lipinski definition) is 8. The highest BCUT2D eigenvalue weighted by atomic mass is 32.2. The van der Waals surface area contributed by atoms with Crippen molar-refractivity contribution < 1.29 is 4.74 Å². The third kappa shape index (κ3) is 3.03. The molecule has 7 nitrogen and oxygen atoms in total. The molecular formula is C16H14N6OS2. The van der Waals surface area contributed by atoms with E-state index in [2.05, 4.69) is 30.7 Å². The first-order valence-corrected chi connectivity index (χ1v) is 9.44. The number of fused-ring (bicyclic) bond motifs is 3. The molecule has 0 aliphatic carbocycles. The fourth-order valence-electron chi connectivity index (χ4n) is 2.44. The summed E-state index contributed by atoms with van der Waals surface area (Å²) in [7, 11) is 1.65. The minimum Gasteiger partial charge on any atom is -0.487 e. The van der Waals surface area contributed by atoms with Crippen LogP contribution in [-0.4, -0.2) is 39.7 Å². The zero-order chi connectivity index (χ0) is 17.2. The molecule has 3 heterocycles. The van der Waals surface area contributed by atoms with Crippen molar-refractivity contribution in [3.05, 3.63) is 35.9 Å². The molecule has 0 atom stereocenters. The second kappa shape index (κ2) is 6.69. The van der Waals surface area contributed by atoms with Gasteiger partial charge in [0.05, 0.1) is 17.5 Å². The molecule has 1 aromatic carbocycles. The summed E-state index contributed by atoms with van der Waals surface area (Å²) in [5.74, 6) is 0.328. The molecule has 126 valence electrons. The molecule has 0 aliphatic rings. The van der Waals surface area contributed by atoms with Gasteiger partial charge in [-0.15, -0.1) is 22.0 Å². The second-order valence-electron chi connectivity index (χ2n) is 5.09. The van der Waals surface area contributed by atoms with Gasteiger partial charge in [0.15, 0.2) is 10.7 Å². The van der Waals surface area contributed by atoms with Gasteiger partial charge >= 0.3 is 0 Å². The zero-order valence-electron chi connectivity index (χ0n) is 13.5. The van der Waals surface area contributed by atoms with Gasteiger partial charge < -0.3 is 9.72 Å². The van der Waals surface area contributed by atoms with Crippen LogP contribution in [0.5, 0.6) is 5.06 Å². The molecule has 3 aromatic heterocycles. The number of nitrogens with one attached hydrogen (secondary N) is 2. The molecule has 0 saturated heterocycles. The lowest BCUT2D eigenvalue weighted by molar-refractivity contribution is 0.426. The summed E-state index contributed by atoms with van der Waals surface area (Å²) >= 11 is 3.25. The molecule has 4 aromatic rings. The molecule has 0 aliphatic heterocycles. The van der Waals surface area contributed by atoms with Gasteiger partial charge in [0.1, 0.15) is 5.52 Å².